The molecule has 1 saturated carbocycles. The summed E-state index contributed by atoms with van der Waals surface area (Å²) in [4.78, 5) is 6.75. The minimum Gasteiger partial charge on any atom is -0.495 e. The van der Waals surface area contributed by atoms with Crippen molar-refractivity contribution in [2.75, 3.05) is 38.7 Å². The van der Waals surface area contributed by atoms with Crippen molar-refractivity contribution in [2.45, 2.75) is 38.1 Å². The van der Waals surface area contributed by atoms with Gasteiger partial charge in [-0.1, -0.05) is 25.0 Å². The van der Waals surface area contributed by atoms with Crippen LogP contribution in [0.3, 0.4) is 0 Å². The van der Waals surface area contributed by atoms with Crippen molar-refractivity contribution in [3.63, 3.8) is 0 Å². The number of para-hydroxylation sites is 2. The Morgan fingerprint density at radius 2 is 2.08 bits per heavy atom. The molecule has 2 fully saturated rings. The molecule has 0 bridgehead atoms. The summed E-state index contributed by atoms with van der Waals surface area (Å²) in [5.74, 6) is 2.88. The number of halogens is 1. The number of guanidine groups is 1. The number of anilines is 1. The van der Waals surface area contributed by atoms with Crippen molar-refractivity contribution >= 4 is 35.6 Å². The maximum atomic E-state index is 5.49. The Kier molecular flexibility index (Phi) is 8.12. The first-order valence-electron chi connectivity index (χ1n) is 9.15. The molecule has 1 aromatic rings. The molecule has 3 rings (SSSR count). The summed E-state index contributed by atoms with van der Waals surface area (Å²) in [6, 6.07) is 8.66. The van der Waals surface area contributed by atoms with E-state index in [1.165, 1.54) is 31.4 Å². The SMILES string of the molecule is CN=C(NCCCC1CC1)NC1CCN(c2ccccc2OC)C1.I. The van der Waals surface area contributed by atoms with Crippen molar-refractivity contribution in [1.29, 1.82) is 0 Å². The zero-order valence-corrected chi connectivity index (χ0v) is 17.7. The number of rotatable bonds is 7. The Balaban J connectivity index is 0.00000225. The zero-order chi connectivity index (χ0) is 16.8. The maximum absolute atomic E-state index is 5.49. The van der Waals surface area contributed by atoms with Crippen LogP contribution in [0, 0.1) is 5.92 Å². The van der Waals surface area contributed by atoms with E-state index in [-0.39, 0.29) is 24.0 Å². The smallest absolute Gasteiger partial charge is 0.191 e. The molecule has 0 radical (unpaired) electrons. The van der Waals surface area contributed by atoms with Crippen LogP contribution in [-0.2, 0) is 0 Å². The number of hydrogen-bond acceptors (Lipinski definition) is 3. The summed E-state index contributed by atoms with van der Waals surface area (Å²) in [6.45, 7) is 3.03. The molecule has 1 atom stereocenters. The van der Waals surface area contributed by atoms with Crippen molar-refractivity contribution in [2.24, 2.45) is 10.9 Å². The average Bonchev–Trinajstić information content (AvgIpc) is 3.34. The highest BCUT2D eigenvalue weighted by atomic mass is 127. The first kappa shape index (κ1) is 20.1. The zero-order valence-electron chi connectivity index (χ0n) is 15.3. The molecule has 1 aliphatic heterocycles. The van der Waals surface area contributed by atoms with Gasteiger partial charge in [0.1, 0.15) is 5.75 Å². The lowest BCUT2D eigenvalue weighted by Crippen LogP contribution is -2.44. The first-order chi connectivity index (χ1) is 11.8. The normalized spacial score (nSPS) is 20.2. The van der Waals surface area contributed by atoms with Crippen molar-refractivity contribution in [3.8, 4) is 5.75 Å². The Bertz CT molecular complexity index is 562. The van der Waals surface area contributed by atoms with Crippen LogP contribution in [0.4, 0.5) is 5.69 Å². The van der Waals surface area contributed by atoms with E-state index in [1.54, 1.807) is 7.11 Å². The Labute approximate surface area is 168 Å². The molecule has 2 N–H and O–H groups in total. The van der Waals surface area contributed by atoms with Crippen molar-refractivity contribution in [1.82, 2.24) is 10.6 Å². The molecule has 6 heteroatoms. The summed E-state index contributed by atoms with van der Waals surface area (Å²) in [6.07, 6.45) is 6.58. The molecule has 1 saturated heterocycles. The van der Waals surface area contributed by atoms with Gasteiger partial charge in [-0.15, -0.1) is 24.0 Å². The van der Waals surface area contributed by atoms with E-state index in [0.717, 1.165) is 43.7 Å². The highest BCUT2D eigenvalue weighted by molar-refractivity contribution is 14.0. The quantitative estimate of drug-likeness (QED) is 0.285. The van der Waals surface area contributed by atoms with E-state index < -0.39 is 0 Å². The van der Waals surface area contributed by atoms with Crippen LogP contribution in [0.15, 0.2) is 29.3 Å². The summed E-state index contributed by atoms with van der Waals surface area (Å²) in [5, 5.41) is 7.02. The van der Waals surface area contributed by atoms with E-state index in [9.17, 15) is 0 Å². The summed E-state index contributed by atoms with van der Waals surface area (Å²) < 4.78 is 5.49. The predicted octanol–water partition coefficient (Wildman–Crippen LogP) is 3.25. The Hall–Kier alpha value is -1.18. The van der Waals surface area contributed by atoms with Crippen LogP contribution in [0.1, 0.15) is 32.1 Å². The van der Waals surface area contributed by atoms with Crippen LogP contribution >= 0.6 is 24.0 Å². The van der Waals surface area contributed by atoms with Gasteiger partial charge >= 0.3 is 0 Å². The number of nitrogens with zero attached hydrogens (tertiary/aromatic N) is 2. The van der Waals surface area contributed by atoms with Gasteiger partial charge in [-0.2, -0.15) is 0 Å². The molecule has 0 spiro atoms. The van der Waals surface area contributed by atoms with Gasteiger partial charge in [0.2, 0.25) is 0 Å². The third-order valence-corrected chi connectivity index (χ3v) is 4.96. The van der Waals surface area contributed by atoms with Gasteiger partial charge in [-0.3, -0.25) is 4.99 Å². The van der Waals surface area contributed by atoms with Gasteiger partial charge in [0, 0.05) is 32.7 Å². The van der Waals surface area contributed by atoms with Crippen molar-refractivity contribution in [3.05, 3.63) is 24.3 Å². The molecule has 1 aromatic carbocycles. The molecule has 0 aromatic heterocycles. The first-order valence-corrected chi connectivity index (χ1v) is 9.15. The van der Waals surface area contributed by atoms with Gasteiger partial charge < -0.3 is 20.3 Å². The second-order valence-electron chi connectivity index (χ2n) is 6.83. The number of ether oxygens (including phenoxy) is 1. The van der Waals surface area contributed by atoms with Crippen molar-refractivity contribution < 1.29 is 4.74 Å². The van der Waals surface area contributed by atoms with Gasteiger partial charge in [-0.05, 0) is 37.3 Å². The Morgan fingerprint density at radius 1 is 1.28 bits per heavy atom. The molecule has 140 valence electrons. The maximum Gasteiger partial charge on any atom is 0.191 e. The minimum atomic E-state index is 0. The molecule has 5 nitrogen and oxygen atoms in total. The Morgan fingerprint density at radius 3 is 2.80 bits per heavy atom. The fraction of sp³-hybridized carbons (Fsp3) is 0.632. The lowest BCUT2D eigenvalue weighted by molar-refractivity contribution is 0.415. The fourth-order valence-electron chi connectivity index (χ4n) is 3.38. The van der Waals surface area contributed by atoms with Crippen LogP contribution in [-0.4, -0.2) is 45.8 Å². The van der Waals surface area contributed by atoms with E-state index in [0.29, 0.717) is 6.04 Å². The van der Waals surface area contributed by atoms with E-state index in [4.69, 9.17) is 4.74 Å². The molecule has 2 aliphatic rings. The largest absolute Gasteiger partial charge is 0.495 e. The molecular weight excluding hydrogens is 427 g/mol. The van der Waals surface area contributed by atoms with Gasteiger partial charge in [0.25, 0.3) is 0 Å². The molecule has 25 heavy (non-hydrogen) atoms. The standard InChI is InChI=1S/C19H30N4O.HI/c1-20-19(21-12-5-6-15-9-10-15)22-16-11-13-23(14-16)17-7-3-4-8-18(17)24-2;/h3-4,7-8,15-16H,5-6,9-14H2,1-2H3,(H2,20,21,22);1H. The van der Waals surface area contributed by atoms with Gasteiger partial charge in [-0.25, -0.2) is 0 Å². The fourth-order valence-corrected chi connectivity index (χ4v) is 3.38. The van der Waals surface area contributed by atoms with Gasteiger partial charge in [0.15, 0.2) is 5.96 Å². The van der Waals surface area contributed by atoms with E-state index >= 15 is 0 Å². The second kappa shape index (κ2) is 10.1. The molecule has 1 heterocycles. The van der Waals surface area contributed by atoms with Crippen LogP contribution in [0.2, 0.25) is 0 Å². The third-order valence-electron chi connectivity index (χ3n) is 4.96. The number of benzene rings is 1. The topological polar surface area (TPSA) is 48.9 Å². The summed E-state index contributed by atoms with van der Waals surface area (Å²) >= 11 is 0. The number of nitrogens with one attached hydrogen (secondary N) is 2. The van der Waals surface area contributed by atoms with Crippen LogP contribution < -0.4 is 20.3 Å². The number of methoxy groups -OCH3 is 1. The van der Waals surface area contributed by atoms with Gasteiger partial charge in [0.05, 0.1) is 12.8 Å². The second-order valence-corrected chi connectivity index (χ2v) is 6.83. The highest BCUT2D eigenvalue weighted by Gasteiger charge is 2.25. The van der Waals surface area contributed by atoms with E-state index in [2.05, 4.69) is 32.7 Å². The highest BCUT2D eigenvalue weighted by Crippen LogP contribution is 2.33. The molecule has 0 amide bonds. The summed E-state index contributed by atoms with van der Waals surface area (Å²) in [5.41, 5.74) is 1.18. The monoisotopic (exact) mass is 458 g/mol. The molecule has 1 aliphatic carbocycles. The number of aliphatic imine (C=N–C) groups is 1. The summed E-state index contributed by atoms with van der Waals surface area (Å²) in [7, 11) is 3.58. The lowest BCUT2D eigenvalue weighted by Gasteiger charge is -2.22. The predicted molar refractivity (Wildman–Crippen MR) is 115 cm³/mol. The molecule has 1 unspecified atom stereocenters. The lowest BCUT2D eigenvalue weighted by atomic mass is 10.2. The van der Waals surface area contributed by atoms with Crippen LogP contribution in [0.25, 0.3) is 0 Å². The van der Waals surface area contributed by atoms with E-state index in [1.807, 2.05) is 19.2 Å². The minimum absolute atomic E-state index is 0. The third kappa shape index (κ3) is 5.94. The number of hydrogen-bond donors (Lipinski definition) is 2. The average molecular weight is 458 g/mol. The van der Waals surface area contributed by atoms with Crippen LogP contribution in [0.5, 0.6) is 5.75 Å². The molecular formula is C19H31IN4O.